The van der Waals surface area contributed by atoms with Crippen LogP contribution in [0.3, 0.4) is 0 Å². The lowest BCUT2D eigenvalue weighted by Gasteiger charge is -2.22. The number of rotatable bonds is 2. The van der Waals surface area contributed by atoms with Crippen molar-refractivity contribution in [2.24, 2.45) is 0 Å². The molecule has 0 amide bonds. The van der Waals surface area contributed by atoms with E-state index in [1.165, 1.54) is 0 Å². The Hall–Kier alpha value is -1.52. The van der Waals surface area contributed by atoms with Gasteiger partial charge in [-0.3, -0.25) is 5.10 Å². The van der Waals surface area contributed by atoms with E-state index in [0.717, 1.165) is 42.9 Å². The third-order valence-electron chi connectivity index (χ3n) is 3.57. The van der Waals surface area contributed by atoms with Crippen LogP contribution in [0.2, 0.25) is 5.02 Å². The van der Waals surface area contributed by atoms with E-state index < -0.39 is 0 Å². The summed E-state index contributed by atoms with van der Waals surface area (Å²) in [5.41, 5.74) is 9.11. The number of nitrogens with zero attached hydrogens (tertiary/aromatic N) is 1. The lowest BCUT2D eigenvalue weighted by molar-refractivity contribution is 0.0846. The molecule has 0 spiro atoms. The highest BCUT2D eigenvalue weighted by Gasteiger charge is 2.23. The van der Waals surface area contributed by atoms with Crippen molar-refractivity contribution >= 4 is 17.4 Å². The molecule has 19 heavy (non-hydrogen) atoms. The number of nitrogen functional groups attached to an aromatic ring is 1. The van der Waals surface area contributed by atoms with Gasteiger partial charge in [0, 0.05) is 35.4 Å². The summed E-state index contributed by atoms with van der Waals surface area (Å²) in [5, 5.41) is 7.96. The molecular weight excluding hydrogens is 262 g/mol. The van der Waals surface area contributed by atoms with Gasteiger partial charge in [-0.05, 0) is 30.5 Å². The van der Waals surface area contributed by atoms with Crippen LogP contribution >= 0.6 is 11.6 Å². The van der Waals surface area contributed by atoms with Gasteiger partial charge in [0.25, 0.3) is 0 Å². The number of aromatic amines is 1. The van der Waals surface area contributed by atoms with Crippen LogP contribution < -0.4 is 5.73 Å². The van der Waals surface area contributed by atoms with E-state index in [4.69, 9.17) is 22.1 Å². The van der Waals surface area contributed by atoms with Gasteiger partial charge in [0.2, 0.25) is 0 Å². The molecule has 1 aromatic heterocycles. The Labute approximate surface area is 116 Å². The molecule has 1 saturated heterocycles. The molecule has 1 aromatic carbocycles. The number of benzene rings is 1. The summed E-state index contributed by atoms with van der Waals surface area (Å²) in [5.74, 6) is 0.955. The second-order valence-electron chi connectivity index (χ2n) is 4.79. The lowest BCUT2D eigenvalue weighted by Crippen LogP contribution is -2.15. The molecule has 1 aliphatic rings. The molecule has 0 saturated carbocycles. The molecule has 3 rings (SSSR count). The molecular formula is C14H16ClN3O. The Morgan fingerprint density at radius 2 is 2.11 bits per heavy atom. The van der Waals surface area contributed by atoms with Crippen LogP contribution in [-0.4, -0.2) is 23.4 Å². The van der Waals surface area contributed by atoms with Crippen molar-refractivity contribution in [2.45, 2.75) is 18.8 Å². The first-order valence-corrected chi connectivity index (χ1v) is 6.81. The molecule has 5 heteroatoms. The summed E-state index contributed by atoms with van der Waals surface area (Å²) in [7, 11) is 0. The van der Waals surface area contributed by atoms with Gasteiger partial charge in [-0.15, -0.1) is 0 Å². The van der Waals surface area contributed by atoms with Gasteiger partial charge >= 0.3 is 0 Å². The molecule has 0 radical (unpaired) electrons. The summed E-state index contributed by atoms with van der Waals surface area (Å²) < 4.78 is 5.41. The van der Waals surface area contributed by atoms with E-state index in [1.54, 1.807) is 0 Å². The highest BCUT2D eigenvalue weighted by atomic mass is 35.5. The van der Waals surface area contributed by atoms with Crippen LogP contribution in [0, 0.1) is 0 Å². The third kappa shape index (κ3) is 2.46. The van der Waals surface area contributed by atoms with Gasteiger partial charge < -0.3 is 10.5 Å². The van der Waals surface area contributed by atoms with E-state index >= 15 is 0 Å². The minimum Gasteiger partial charge on any atom is -0.382 e. The van der Waals surface area contributed by atoms with Crippen molar-refractivity contribution < 1.29 is 4.74 Å². The molecule has 0 bridgehead atoms. The molecule has 2 aromatic rings. The van der Waals surface area contributed by atoms with Crippen molar-refractivity contribution in [1.29, 1.82) is 0 Å². The Morgan fingerprint density at radius 3 is 2.84 bits per heavy atom. The Balaban J connectivity index is 2.03. The minimum absolute atomic E-state index is 0.424. The molecule has 0 atom stereocenters. The van der Waals surface area contributed by atoms with Crippen molar-refractivity contribution in [2.75, 3.05) is 18.9 Å². The van der Waals surface area contributed by atoms with Crippen LogP contribution in [0.5, 0.6) is 0 Å². The molecule has 100 valence electrons. The highest BCUT2D eigenvalue weighted by Crippen LogP contribution is 2.37. The molecule has 2 heterocycles. The quantitative estimate of drug-likeness (QED) is 0.886. The molecule has 0 aliphatic carbocycles. The molecule has 1 fully saturated rings. The Bertz CT molecular complexity index is 576. The van der Waals surface area contributed by atoms with E-state index in [0.29, 0.717) is 16.8 Å². The van der Waals surface area contributed by atoms with Crippen molar-refractivity contribution in [3.05, 3.63) is 35.0 Å². The largest absolute Gasteiger partial charge is 0.382 e. The smallest absolute Gasteiger partial charge is 0.153 e. The van der Waals surface area contributed by atoms with E-state index in [-0.39, 0.29) is 0 Å². The predicted molar refractivity (Wildman–Crippen MR) is 76.2 cm³/mol. The topological polar surface area (TPSA) is 63.9 Å². The standard InChI is InChI=1S/C14H16ClN3O/c15-11-3-1-2-10(8-11)12-13(17-18-14(12)16)9-4-6-19-7-5-9/h1-3,8-9H,4-7H2,(H3,16,17,18). The first kappa shape index (κ1) is 12.5. The zero-order valence-electron chi connectivity index (χ0n) is 10.5. The van der Waals surface area contributed by atoms with Gasteiger partial charge in [-0.2, -0.15) is 5.10 Å². The fourth-order valence-corrected chi connectivity index (χ4v) is 2.79. The number of hydrogen-bond acceptors (Lipinski definition) is 3. The zero-order valence-corrected chi connectivity index (χ0v) is 11.3. The SMILES string of the molecule is Nc1n[nH]c(C2CCOCC2)c1-c1cccc(Cl)c1. The monoisotopic (exact) mass is 277 g/mol. The maximum absolute atomic E-state index is 6.06. The van der Waals surface area contributed by atoms with Gasteiger partial charge in [-0.1, -0.05) is 23.7 Å². The zero-order chi connectivity index (χ0) is 13.2. The number of anilines is 1. The Morgan fingerprint density at radius 1 is 1.32 bits per heavy atom. The number of ether oxygens (including phenoxy) is 1. The van der Waals surface area contributed by atoms with Gasteiger partial charge in [0.05, 0.1) is 0 Å². The highest BCUT2D eigenvalue weighted by molar-refractivity contribution is 6.30. The van der Waals surface area contributed by atoms with Crippen LogP contribution in [0.15, 0.2) is 24.3 Å². The fourth-order valence-electron chi connectivity index (χ4n) is 2.60. The summed E-state index contributed by atoms with van der Waals surface area (Å²) in [6, 6.07) is 7.72. The Kier molecular flexibility index (Phi) is 3.44. The van der Waals surface area contributed by atoms with Crippen molar-refractivity contribution in [3.63, 3.8) is 0 Å². The number of nitrogens with one attached hydrogen (secondary N) is 1. The van der Waals surface area contributed by atoms with Crippen LogP contribution in [0.25, 0.3) is 11.1 Å². The number of hydrogen-bond donors (Lipinski definition) is 2. The maximum atomic E-state index is 6.06. The van der Waals surface area contributed by atoms with E-state index in [9.17, 15) is 0 Å². The lowest BCUT2D eigenvalue weighted by atomic mass is 9.91. The molecule has 4 nitrogen and oxygen atoms in total. The van der Waals surface area contributed by atoms with Crippen LogP contribution in [0.1, 0.15) is 24.5 Å². The molecule has 1 aliphatic heterocycles. The van der Waals surface area contributed by atoms with Gasteiger partial charge in [0.15, 0.2) is 5.82 Å². The second kappa shape index (κ2) is 5.23. The summed E-state index contributed by atoms with van der Waals surface area (Å²) >= 11 is 6.06. The summed E-state index contributed by atoms with van der Waals surface area (Å²) in [6.45, 7) is 1.58. The van der Waals surface area contributed by atoms with Crippen LogP contribution in [-0.2, 0) is 4.74 Å². The third-order valence-corrected chi connectivity index (χ3v) is 3.80. The normalized spacial score (nSPS) is 16.7. The predicted octanol–water partition coefficient (Wildman–Crippen LogP) is 3.21. The average Bonchev–Trinajstić information content (AvgIpc) is 2.82. The summed E-state index contributed by atoms with van der Waals surface area (Å²) in [4.78, 5) is 0. The average molecular weight is 278 g/mol. The number of aromatic nitrogens is 2. The first-order chi connectivity index (χ1) is 9.25. The number of H-pyrrole nitrogens is 1. The second-order valence-corrected chi connectivity index (χ2v) is 5.23. The minimum atomic E-state index is 0.424. The van der Waals surface area contributed by atoms with Crippen molar-refractivity contribution in [1.82, 2.24) is 10.2 Å². The van der Waals surface area contributed by atoms with Crippen LogP contribution in [0.4, 0.5) is 5.82 Å². The fraction of sp³-hybridized carbons (Fsp3) is 0.357. The number of nitrogens with two attached hydrogens (primary N) is 1. The first-order valence-electron chi connectivity index (χ1n) is 6.43. The van der Waals surface area contributed by atoms with Gasteiger partial charge in [-0.25, -0.2) is 0 Å². The van der Waals surface area contributed by atoms with Gasteiger partial charge in [0.1, 0.15) is 0 Å². The number of halogens is 1. The van der Waals surface area contributed by atoms with E-state index in [2.05, 4.69) is 10.2 Å². The molecule has 0 unspecified atom stereocenters. The van der Waals surface area contributed by atoms with E-state index in [1.807, 2.05) is 24.3 Å². The van der Waals surface area contributed by atoms with Crippen molar-refractivity contribution in [3.8, 4) is 11.1 Å². The maximum Gasteiger partial charge on any atom is 0.153 e. The summed E-state index contributed by atoms with van der Waals surface area (Å²) in [6.07, 6.45) is 1.99. The molecule has 3 N–H and O–H groups in total.